The monoisotopic (exact) mass is 344 g/mol. The molecule has 1 aromatic carbocycles. The van der Waals surface area contributed by atoms with Gasteiger partial charge in [-0.2, -0.15) is 13.2 Å². The molecule has 1 aromatic rings. The Hall–Kier alpha value is -2.25. The van der Waals surface area contributed by atoms with Crippen LogP contribution in [0.15, 0.2) is 18.2 Å². The summed E-state index contributed by atoms with van der Waals surface area (Å²) in [6.45, 7) is 0. The van der Waals surface area contributed by atoms with Gasteiger partial charge in [0.25, 0.3) is 5.91 Å². The van der Waals surface area contributed by atoms with Crippen molar-refractivity contribution in [1.82, 2.24) is 5.32 Å². The number of hydrogen-bond acceptors (Lipinski definition) is 3. The van der Waals surface area contributed by atoms with E-state index in [1.807, 2.05) is 0 Å². The van der Waals surface area contributed by atoms with Gasteiger partial charge in [0, 0.05) is 5.69 Å². The molecular formula is C16H19F3N2O3. The topological polar surface area (TPSA) is 92.4 Å². The van der Waals surface area contributed by atoms with E-state index in [9.17, 15) is 27.9 Å². The maximum absolute atomic E-state index is 12.6. The van der Waals surface area contributed by atoms with Crippen LogP contribution in [0.1, 0.15) is 48.0 Å². The van der Waals surface area contributed by atoms with Crippen LogP contribution in [0, 0.1) is 5.92 Å². The van der Waals surface area contributed by atoms with Gasteiger partial charge in [-0.05, 0) is 37.0 Å². The molecule has 8 heteroatoms. The Morgan fingerprint density at radius 1 is 1.21 bits per heavy atom. The molecule has 1 saturated carbocycles. The molecule has 1 aliphatic carbocycles. The van der Waals surface area contributed by atoms with Crippen LogP contribution in [0.2, 0.25) is 0 Å². The molecule has 5 nitrogen and oxygen atoms in total. The second kappa shape index (κ2) is 7.11. The minimum Gasteiger partial charge on any atom is -0.480 e. The minimum atomic E-state index is -4.56. The third kappa shape index (κ3) is 4.18. The van der Waals surface area contributed by atoms with E-state index in [1.165, 1.54) is 0 Å². The summed E-state index contributed by atoms with van der Waals surface area (Å²) >= 11 is 0. The highest BCUT2D eigenvalue weighted by atomic mass is 19.4. The van der Waals surface area contributed by atoms with Crippen LogP contribution in [0.3, 0.4) is 0 Å². The second-order valence-corrected chi connectivity index (χ2v) is 5.99. The minimum absolute atomic E-state index is 0.162. The molecule has 0 bridgehead atoms. The summed E-state index contributed by atoms with van der Waals surface area (Å²) in [6.07, 6.45) is -0.351. The summed E-state index contributed by atoms with van der Waals surface area (Å²) in [4.78, 5) is 23.7. The third-order valence-corrected chi connectivity index (χ3v) is 4.30. The number of carboxylic acids is 1. The Bertz CT molecular complexity index is 625. The summed E-state index contributed by atoms with van der Waals surface area (Å²) < 4.78 is 37.9. The predicted molar refractivity (Wildman–Crippen MR) is 81.3 cm³/mol. The van der Waals surface area contributed by atoms with Gasteiger partial charge in [0.1, 0.15) is 6.04 Å². The molecule has 1 amide bonds. The van der Waals surface area contributed by atoms with Gasteiger partial charge < -0.3 is 16.2 Å². The molecule has 0 aromatic heterocycles. The number of nitrogens with one attached hydrogen (secondary N) is 1. The molecule has 24 heavy (non-hydrogen) atoms. The molecule has 1 aliphatic rings. The van der Waals surface area contributed by atoms with E-state index < -0.39 is 29.7 Å². The fourth-order valence-corrected chi connectivity index (χ4v) is 3.01. The summed E-state index contributed by atoms with van der Waals surface area (Å²) in [6, 6.07) is 1.32. The summed E-state index contributed by atoms with van der Waals surface area (Å²) in [5, 5.41) is 11.7. The average Bonchev–Trinajstić information content (AvgIpc) is 2.52. The Balaban J connectivity index is 2.16. The number of carboxylic acid groups (broad SMARTS) is 1. The van der Waals surface area contributed by atoms with Gasteiger partial charge in [0.15, 0.2) is 0 Å². The number of anilines is 1. The van der Waals surface area contributed by atoms with Gasteiger partial charge in [-0.15, -0.1) is 0 Å². The van der Waals surface area contributed by atoms with Crippen molar-refractivity contribution in [2.75, 3.05) is 5.73 Å². The number of carbonyl (C=O) groups excluding carboxylic acids is 1. The molecule has 4 N–H and O–H groups in total. The van der Waals surface area contributed by atoms with Crippen molar-refractivity contribution >= 4 is 17.6 Å². The van der Waals surface area contributed by atoms with Crippen molar-refractivity contribution in [3.05, 3.63) is 29.3 Å². The van der Waals surface area contributed by atoms with Crippen LogP contribution in [-0.4, -0.2) is 23.0 Å². The van der Waals surface area contributed by atoms with Gasteiger partial charge in [0.05, 0.1) is 11.1 Å². The first kappa shape index (κ1) is 18.1. The molecule has 0 spiro atoms. The van der Waals surface area contributed by atoms with Crippen molar-refractivity contribution < 1.29 is 27.9 Å². The number of nitrogens with two attached hydrogens (primary N) is 1. The Morgan fingerprint density at radius 3 is 2.33 bits per heavy atom. The fourth-order valence-electron chi connectivity index (χ4n) is 3.01. The summed E-state index contributed by atoms with van der Waals surface area (Å²) in [5.74, 6) is -2.11. The molecule has 1 atom stereocenters. The molecule has 2 rings (SSSR count). The quantitative estimate of drug-likeness (QED) is 0.732. The molecule has 132 valence electrons. The highest BCUT2D eigenvalue weighted by molar-refractivity contribution is 6.01. The number of carbonyl (C=O) groups is 2. The van der Waals surface area contributed by atoms with Crippen molar-refractivity contribution in [2.45, 2.75) is 44.3 Å². The van der Waals surface area contributed by atoms with Crippen LogP contribution in [-0.2, 0) is 11.0 Å². The lowest BCUT2D eigenvalue weighted by atomic mass is 9.83. The standard InChI is InChI=1S/C16H19F3N2O3/c17-16(18,19)10-6-7-11(12(20)8-10)14(22)21-13(15(23)24)9-4-2-1-3-5-9/h6-9,13H,1-5,20H2,(H,21,22)(H,23,24)/t13-/m0/s1. The normalized spacial score (nSPS) is 17.3. The smallest absolute Gasteiger partial charge is 0.416 e. The van der Waals surface area contributed by atoms with E-state index in [0.29, 0.717) is 18.9 Å². The lowest BCUT2D eigenvalue weighted by Crippen LogP contribution is -2.46. The molecule has 0 radical (unpaired) electrons. The van der Waals surface area contributed by atoms with Crippen molar-refractivity contribution in [3.63, 3.8) is 0 Å². The first-order valence-corrected chi connectivity index (χ1v) is 7.70. The number of benzene rings is 1. The van der Waals surface area contributed by atoms with Crippen LogP contribution in [0.5, 0.6) is 0 Å². The number of halogens is 3. The third-order valence-electron chi connectivity index (χ3n) is 4.30. The summed E-state index contributed by atoms with van der Waals surface area (Å²) in [7, 11) is 0. The lowest BCUT2D eigenvalue weighted by molar-refractivity contribution is -0.141. The zero-order valence-electron chi connectivity index (χ0n) is 12.9. The molecule has 1 fully saturated rings. The molecular weight excluding hydrogens is 325 g/mol. The van der Waals surface area contributed by atoms with E-state index in [4.69, 9.17) is 5.73 Å². The second-order valence-electron chi connectivity index (χ2n) is 5.99. The van der Waals surface area contributed by atoms with E-state index in [1.54, 1.807) is 0 Å². The number of amides is 1. The zero-order chi connectivity index (χ0) is 17.9. The largest absolute Gasteiger partial charge is 0.480 e. The van der Waals surface area contributed by atoms with Gasteiger partial charge in [-0.3, -0.25) is 4.79 Å². The molecule has 0 heterocycles. The Kier molecular flexibility index (Phi) is 5.36. The molecule has 0 saturated heterocycles. The highest BCUT2D eigenvalue weighted by Gasteiger charge is 2.33. The maximum Gasteiger partial charge on any atom is 0.416 e. The van der Waals surface area contributed by atoms with Gasteiger partial charge in [0.2, 0.25) is 0 Å². The number of alkyl halides is 3. The Labute approximate surface area is 137 Å². The van der Waals surface area contributed by atoms with Crippen LogP contribution in [0.25, 0.3) is 0 Å². The lowest BCUT2D eigenvalue weighted by Gasteiger charge is -2.28. The Morgan fingerprint density at radius 2 is 1.83 bits per heavy atom. The first-order valence-electron chi connectivity index (χ1n) is 7.70. The molecule has 0 unspecified atom stereocenters. The predicted octanol–water partition coefficient (Wildman–Crippen LogP) is 3.05. The number of nitrogen functional groups attached to an aromatic ring is 1. The number of aliphatic carboxylic acids is 1. The number of hydrogen-bond donors (Lipinski definition) is 3. The van der Waals surface area contributed by atoms with E-state index in [-0.39, 0.29) is 17.2 Å². The summed E-state index contributed by atoms with van der Waals surface area (Å²) in [5.41, 5.74) is 4.08. The fraction of sp³-hybridized carbons (Fsp3) is 0.500. The average molecular weight is 344 g/mol. The zero-order valence-corrected chi connectivity index (χ0v) is 12.9. The van der Waals surface area contributed by atoms with Gasteiger partial charge in [-0.1, -0.05) is 19.3 Å². The van der Waals surface area contributed by atoms with Gasteiger partial charge in [-0.25, -0.2) is 4.79 Å². The van der Waals surface area contributed by atoms with Crippen LogP contribution < -0.4 is 11.1 Å². The molecule has 0 aliphatic heterocycles. The van der Waals surface area contributed by atoms with Crippen molar-refractivity contribution in [2.24, 2.45) is 5.92 Å². The highest BCUT2D eigenvalue weighted by Crippen LogP contribution is 2.31. The SMILES string of the molecule is Nc1cc(C(F)(F)F)ccc1C(=O)N[C@H](C(=O)O)C1CCCCC1. The van der Waals surface area contributed by atoms with Crippen LogP contribution >= 0.6 is 0 Å². The van der Waals surface area contributed by atoms with E-state index >= 15 is 0 Å². The number of rotatable bonds is 4. The van der Waals surface area contributed by atoms with Crippen molar-refractivity contribution in [3.8, 4) is 0 Å². The first-order chi connectivity index (χ1) is 11.2. The maximum atomic E-state index is 12.6. The van der Waals surface area contributed by atoms with Crippen molar-refractivity contribution in [1.29, 1.82) is 0 Å². The van der Waals surface area contributed by atoms with Gasteiger partial charge >= 0.3 is 12.1 Å². The van der Waals surface area contributed by atoms with E-state index in [2.05, 4.69) is 5.32 Å². The van der Waals surface area contributed by atoms with Crippen LogP contribution in [0.4, 0.5) is 18.9 Å². The van der Waals surface area contributed by atoms with E-state index in [0.717, 1.165) is 31.4 Å².